The number of nitrogens with one attached hydrogen (secondary N) is 1. The lowest BCUT2D eigenvalue weighted by atomic mass is 9.78. The van der Waals surface area contributed by atoms with Crippen molar-refractivity contribution in [3.63, 3.8) is 0 Å². The van der Waals surface area contributed by atoms with Gasteiger partial charge in [-0.05, 0) is 70.3 Å². The Morgan fingerprint density at radius 3 is 2.65 bits per heavy atom. The Kier molecular flexibility index (Phi) is 7.65. The minimum Gasteiger partial charge on any atom is -0.376 e. The summed E-state index contributed by atoms with van der Waals surface area (Å²) in [6.07, 6.45) is 0.602. The molecule has 174 valence electrons. The third-order valence-electron chi connectivity index (χ3n) is 6.90. The normalized spacial score (nSPS) is 30.0. The number of nitrogens with zero attached hydrogens (tertiary/aromatic N) is 2. The van der Waals surface area contributed by atoms with Crippen molar-refractivity contribution in [1.82, 2.24) is 15.1 Å². The maximum Gasteiger partial charge on any atom is 0.416 e. The van der Waals surface area contributed by atoms with Crippen LogP contribution in [0.4, 0.5) is 13.2 Å². The highest BCUT2D eigenvalue weighted by Gasteiger charge is 2.42. The van der Waals surface area contributed by atoms with E-state index in [9.17, 15) is 23.1 Å². The number of aliphatic hydroxyl groups is 1. The van der Waals surface area contributed by atoms with Crippen LogP contribution in [0.3, 0.4) is 0 Å². The lowest BCUT2D eigenvalue weighted by Gasteiger charge is -2.44. The number of alkyl halides is 3. The fourth-order valence-corrected chi connectivity index (χ4v) is 5.21. The molecule has 2 fully saturated rings. The predicted octanol–water partition coefficient (Wildman–Crippen LogP) is 3.73. The number of benzene rings is 1. The molecular weight excluding hydrogens is 407 g/mol. The van der Waals surface area contributed by atoms with Crippen LogP contribution in [-0.4, -0.2) is 65.8 Å². The molecular formula is C23H34F3N3O2. The second-order valence-electron chi connectivity index (χ2n) is 9.15. The zero-order valence-electron chi connectivity index (χ0n) is 18.5. The molecule has 31 heavy (non-hydrogen) atoms. The molecule has 1 aromatic rings. The largest absolute Gasteiger partial charge is 0.416 e. The molecule has 1 aliphatic carbocycles. The fraction of sp³-hybridized carbons (Fsp3) is 0.696. The number of halogens is 3. The van der Waals surface area contributed by atoms with Gasteiger partial charge in [-0.3, -0.25) is 9.69 Å². The first kappa shape index (κ1) is 24.0. The van der Waals surface area contributed by atoms with Gasteiger partial charge in [0.05, 0.1) is 11.6 Å². The molecule has 0 aromatic heterocycles. The molecule has 1 aliphatic heterocycles. The highest BCUT2D eigenvalue weighted by Crippen LogP contribution is 2.36. The minimum atomic E-state index is -4.50. The lowest BCUT2D eigenvalue weighted by molar-refractivity contribution is -0.137. The fourth-order valence-electron chi connectivity index (χ4n) is 5.21. The first-order valence-corrected chi connectivity index (χ1v) is 11.2. The van der Waals surface area contributed by atoms with Crippen LogP contribution < -0.4 is 5.32 Å². The Morgan fingerprint density at radius 1 is 1.26 bits per heavy atom. The van der Waals surface area contributed by atoms with E-state index < -0.39 is 29.9 Å². The van der Waals surface area contributed by atoms with Gasteiger partial charge < -0.3 is 15.3 Å². The maximum absolute atomic E-state index is 13.0. The average molecular weight is 442 g/mol. The van der Waals surface area contributed by atoms with Gasteiger partial charge in [-0.15, -0.1) is 0 Å². The van der Waals surface area contributed by atoms with Gasteiger partial charge >= 0.3 is 6.18 Å². The molecule has 0 radical (unpaired) electrons. The molecule has 0 bridgehead atoms. The highest BCUT2D eigenvalue weighted by molar-refractivity contribution is 5.94. The van der Waals surface area contributed by atoms with Crippen molar-refractivity contribution in [1.29, 1.82) is 0 Å². The first-order valence-electron chi connectivity index (χ1n) is 11.2. The summed E-state index contributed by atoms with van der Waals surface area (Å²) < 4.78 is 38.9. The summed E-state index contributed by atoms with van der Waals surface area (Å²) in [5.74, 6) is -0.0999. The molecule has 1 saturated carbocycles. The van der Waals surface area contributed by atoms with Crippen LogP contribution in [0.2, 0.25) is 0 Å². The van der Waals surface area contributed by atoms with Gasteiger partial charge in [0.1, 0.15) is 6.23 Å². The summed E-state index contributed by atoms with van der Waals surface area (Å²) in [4.78, 5) is 17.0. The number of aliphatic hydroxyl groups excluding tert-OH is 1. The van der Waals surface area contributed by atoms with E-state index >= 15 is 0 Å². The van der Waals surface area contributed by atoms with E-state index in [-0.39, 0.29) is 11.6 Å². The average Bonchev–Trinajstić information content (AvgIpc) is 3.07. The van der Waals surface area contributed by atoms with Crippen molar-refractivity contribution in [3.8, 4) is 0 Å². The number of carbonyl (C=O) groups is 1. The van der Waals surface area contributed by atoms with Gasteiger partial charge in [0.15, 0.2) is 0 Å². The Bertz CT molecular complexity index is 756. The van der Waals surface area contributed by atoms with Crippen LogP contribution in [-0.2, 0) is 6.18 Å². The summed E-state index contributed by atoms with van der Waals surface area (Å²) in [6.45, 7) is 2.85. The number of hydrogen-bond donors (Lipinski definition) is 2. The molecule has 3 rings (SSSR count). The third-order valence-corrected chi connectivity index (χ3v) is 6.90. The molecule has 1 unspecified atom stereocenters. The van der Waals surface area contributed by atoms with Gasteiger partial charge in [-0.1, -0.05) is 19.4 Å². The third kappa shape index (κ3) is 5.59. The van der Waals surface area contributed by atoms with Crippen LogP contribution in [0, 0.1) is 5.92 Å². The SMILES string of the molecule is CCC[C@H]1C[C@H](N(C)C)CC[C@@H]1N1CCC(NC(=O)c2cccc(C(F)(F)F)c2)[C@@H]1O. The summed E-state index contributed by atoms with van der Waals surface area (Å²) in [5, 5.41) is 13.7. The molecule has 2 N–H and O–H groups in total. The Labute approximate surface area is 182 Å². The summed E-state index contributed by atoms with van der Waals surface area (Å²) in [7, 11) is 4.22. The van der Waals surface area contributed by atoms with Gasteiger partial charge in [-0.2, -0.15) is 13.2 Å². The van der Waals surface area contributed by atoms with E-state index in [0.29, 0.717) is 24.9 Å². The van der Waals surface area contributed by atoms with Crippen molar-refractivity contribution in [2.45, 2.75) is 76.0 Å². The number of hydrogen-bond acceptors (Lipinski definition) is 4. The number of rotatable bonds is 6. The number of carbonyl (C=O) groups excluding carboxylic acids is 1. The van der Waals surface area contributed by atoms with E-state index in [4.69, 9.17) is 0 Å². The van der Waals surface area contributed by atoms with Crippen LogP contribution in [0.25, 0.3) is 0 Å². The summed E-state index contributed by atoms with van der Waals surface area (Å²) >= 11 is 0. The highest BCUT2D eigenvalue weighted by atomic mass is 19.4. The molecule has 5 atom stereocenters. The molecule has 2 aliphatic rings. The first-order chi connectivity index (χ1) is 14.6. The second-order valence-corrected chi connectivity index (χ2v) is 9.15. The maximum atomic E-state index is 13.0. The van der Waals surface area contributed by atoms with Crippen molar-refractivity contribution in [2.24, 2.45) is 5.92 Å². The van der Waals surface area contributed by atoms with Gasteiger partial charge in [-0.25, -0.2) is 0 Å². The Morgan fingerprint density at radius 2 is 2.00 bits per heavy atom. The molecule has 1 saturated heterocycles. The van der Waals surface area contributed by atoms with Gasteiger partial charge in [0.25, 0.3) is 5.91 Å². The Hall–Kier alpha value is -1.64. The topological polar surface area (TPSA) is 55.8 Å². The summed E-state index contributed by atoms with van der Waals surface area (Å²) in [5.41, 5.74) is -0.898. The van der Waals surface area contributed by atoms with Crippen molar-refractivity contribution >= 4 is 5.91 Å². The van der Waals surface area contributed by atoms with E-state index in [1.165, 1.54) is 12.1 Å². The second kappa shape index (κ2) is 9.88. The smallest absolute Gasteiger partial charge is 0.376 e. The molecule has 0 spiro atoms. The molecule has 1 aromatic carbocycles. The molecule has 5 nitrogen and oxygen atoms in total. The van der Waals surface area contributed by atoms with Gasteiger partial charge in [0, 0.05) is 24.2 Å². The van der Waals surface area contributed by atoms with E-state index in [2.05, 4.69) is 36.1 Å². The van der Waals surface area contributed by atoms with Crippen molar-refractivity contribution in [2.75, 3.05) is 20.6 Å². The standard InChI is InChI=1S/C23H34F3N3O2/c1-4-6-15-14-18(28(2)3)9-10-20(15)29-12-11-19(22(29)31)27-21(30)16-7-5-8-17(13-16)23(24,25)26/h5,7-8,13,15,18-20,22,31H,4,6,9-12,14H2,1-3H3,(H,27,30)/t15-,18+,19?,20-,22-/m0/s1. The lowest BCUT2D eigenvalue weighted by Crippen LogP contribution is -2.52. The molecule has 1 heterocycles. The predicted molar refractivity (Wildman–Crippen MR) is 114 cm³/mol. The molecule has 8 heteroatoms. The minimum absolute atomic E-state index is 0.0455. The molecule has 1 amide bonds. The van der Waals surface area contributed by atoms with Crippen LogP contribution in [0.5, 0.6) is 0 Å². The monoisotopic (exact) mass is 441 g/mol. The van der Waals surface area contributed by atoms with Crippen molar-refractivity contribution in [3.05, 3.63) is 35.4 Å². The van der Waals surface area contributed by atoms with E-state index in [0.717, 1.165) is 44.2 Å². The van der Waals surface area contributed by atoms with Crippen LogP contribution in [0.1, 0.15) is 61.4 Å². The van der Waals surface area contributed by atoms with E-state index in [1.54, 1.807) is 0 Å². The van der Waals surface area contributed by atoms with Gasteiger partial charge in [0.2, 0.25) is 0 Å². The number of amides is 1. The Balaban J connectivity index is 1.65. The van der Waals surface area contributed by atoms with Crippen LogP contribution >= 0.6 is 0 Å². The zero-order valence-corrected chi connectivity index (χ0v) is 18.5. The quantitative estimate of drug-likeness (QED) is 0.707. The number of likely N-dealkylation sites (tertiary alicyclic amines) is 1. The van der Waals surface area contributed by atoms with E-state index in [1.807, 2.05) is 0 Å². The van der Waals surface area contributed by atoms with Crippen LogP contribution in [0.15, 0.2) is 24.3 Å². The summed E-state index contributed by atoms with van der Waals surface area (Å²) in [6, 6.07) is 4.72. The van der Waals surface area contributed by atoms with Crippen molar-refractivity contribution < 1.29 is 23.1 Å². The zero-order chi connectivity index (χ0) is 22.8.